The molecule has 4 nitrogen and oxygen atoms in total. The third-order valence-electron chi connectivity index (χ3n) is 2.03. The number of hydrogen-bond donors (Lipinski definition) is 0. The Morgan fingerprint density at radius 2 is 2.33 bits per heavy atom. The number of hydrogen-bond acceptors (Lipinski definition) is 4. The summed E-state index contributed by atoms with van der Waals surface area (Å²) in [5.41, 5.74) is 0.584. The smallest absolute Gasteiger partial charge is 0.194 e. The summed E-state index contributed by atoms with van der Waals surface area (Å²) in [5.74, 6) is 2.07. The third kappa shape index (κ3) is 2.75. The predicted octanol–water partition coefficient (Wildman–Crippen LogP) is 1.85. The zero-order chi connectivity index (χ0) is 11.3. The summed E-state index contributed by atoms with van der Waals surface area (Å²) in [6, 6.07) is 0. The molecule has 84 valence electrons. The molecule has 0 unspecified atom stereocenters. The fraction of sp³-hybridized carbons (Fsp3) is 0.600. The van der Waals surface area contributed by atoms with Gasteiger partial charge in [-0.05, 0) is 12.7 Å². The number of carbonyl (C=O) groups excluding carboxylic acids is 1. The van der Waals surface area contributed by atoms with E-state index >= 15 is 0 Å². The van der Waals surface area contributed by atoms with Crippen molar-refractivity contribution < 1.29 is 9.53 Å². The van der Waals surface area contributed by atoms with E-state index in [0.29, 0.717) is 23.7 Å². The zero-order valence-corrected chi connectivity index (χ0v) is 10.1. The number of methoxy groups -OCH3 is 1. The lowest BCUT2D eigenvalue weighted by Crippen LogP contribution is -2.12. The Kier molecular flexibility index (Phi) is 4.68. The van der Waals surface area contributed by atoms with Crippen LogP contribution in [0.5, 0.6) is 5.75 Å². The number of nitrogens with zero attached hydrogens (tertiary/aromatic N) is 2. The lowest BCUT2D eigenvalue weighted by Gasteiger charge is -2.05. The Bertz CT molecular complexity index is 315. The monoisotopic (exact) mass is 228 g/mol. The summed E-state index contributed by atoms with van der Waals surface area (Å²) in [6.45, 7) is 4.67. The molecule has 5 heteroatoms. The van der Waals surface area contributed by atoms with E-state index in [-0.39, 0.29) is 5.78 Å². The standard InChI is InChI=1S/C10H16N2O2S/c1-4-12-10(8(13)7-15-5-2)9(14-3)6-11-12/h6H,4-5,7H2,1-3H3. The van der Waals surface area contributed by atoms with Crippen molar-refractivity contribution in [2.24, 2.45) is 0 Å². The highest BCUT2D eigenvalue weighted by molar-refractivity contribution is 7.99. The van der Waals surface area contributed by atoms with Gasteiger partial charge >= 0.3 is 0 Å². The summed E-state index contributed by atoms with van der Waals surface area (Å²) < 4.78 is 6.79. The van der Waals surface area contributed by atoms with Crippen LogP contribution in [0.25, 0.3) is 0 Å². The maximum atomic E-state index is 11.9. The summed E-state index contributed by atoms with van der Waals surface area (Å²) in [5, 5.41) is 4.10. The number of Topliss-reactive ketones (excluding diaryl/α,β-unsaturated/α-hetero) is 1. The van der Waals surface area contributed by atoms with Gasteiger partial charge in [0.05, 0.1) is 19.1 Å². The molecule has 1 heterocycles. The molecule has 0 atom stereocenters. The van der Waals surface area contributed by atoms with E-state index in [1.54, 1.807) is 29.8 Å². The molecule has 1 aromatic heterocycles. The van der Waals surface area contributed by atoms with Gasteiger partial charge in [0.2, 0.25) is 0 Å². The lowest BCUT2D eigenvalue weighted by atomic mass is 10.3. The van der Waals surface area contributed by atoms with Crippen LogP contribution in [0.4, 0.5) is 0 Å². The van der Waals surface area contributed by atoms with Crippen LogP contribution in [0.1, 0.15) is 24.3 Å². The molecule has 0 aromatic carbocycles. The van der Waals surface area contributed by atoms with Crippen LogP contribution in [0.2, 0.25) is 0 Å². The summed E-state index contributed by atoms with van der Waals surface area (Å²) >= 11 is 1.61. The normalized spacial score (nSPS) is 10.3. The minimum Gasteiger partial charge on any atom is -0.493 e. The molecule has 1 rings (SSSR count). The molecule has 0 aliphatic rings. The molecule has 0 saturated carbocycles. The van der Waals surface area contributed by atoms with Crippen molar-refractivity contribution >= 4 is 17.5 Å². The topological polar surface area (TPSA) is 44.1 Å². The first kappa shape index (κ1) is 12.1. The molecule has 0 saturated heterocycles. The van der Waals surface area contributed by atoms with Crippen molar-refractivity contribution in [3.8, 4) is 5.75 Å². The first-order chi connectivity index (χ1) is 7.24. The fourth-order valence-electron chi connectivity index (χ4n) is 1.30. The van der Waals surface area contributed by atoms with Crippen molar-refractivity contribution in [3.63, 3.8) is 0 Å². The quantitative estimate of drug-likeness (QED) is 0.697. The number of thioether (sulfide) groups is 1. The highest BCUT2D eigenvalue weighted by atomic mass is 32.2. The van der Waals surface area contributed by atoms with Crippen LogP contribution in [-0.4, -0.2) is 34.2 Å². The highest BCUT2D eigenvalue weighted by Gasteiger charge is 2.17. The molecule has 0 aliphatic heterocycles. The molecule has 0 fully saturated rings. The predicted molar refractivity (Wildman–Crippen MR) is 61.8 cm³/mol. The zero-order valence-electron chi connectivity index (χ0n) is 9.32. The largest absolute Gasteiger partial charge is 0.493 e. The number of ketones is 1. The van der Waals surface area contributed by atoms with Crippen molar-refractivity contribution in [1.82, 2.24) is 9.78 Å². The van der Waals surface area contributed by atoms with Crippen molar-refractivity contribution in [3.05, 3.63) is 11.9 Å². The maximum absolute atomic E-state index is 11.9. The average molecular weight is 228 g/mol. The van der Waals surface area contributed by atoms with Gasteiger partial charge in [-0.3, -0.25) is 9.48 Å². The summed E-state index contributed by atoms with van der Waals surface area (Å²) in [4.78, 5) is 11.9. The second-order valence-electron chi connectivity index (χ2n) is 2.94. The SMILES string of the molecule is CCSCC(=O)c1c(OC)cnn1CC. The molecule has 0 N–H and O–H groups in total. The van der Waals surface area contributed by atoms with Gasteiger partial charge in [0.25, 0.3) is 0 Å². The first-order valence-corrected chi connectivity index (χ1v) is 6.10. The van der Waals surface area contributed by atoms with E-state index in [2.05, 4.69) is 5.10 Å². The van der Waals surface area contributed by atoms with Gasteiger partial charge in [0.1, 0.15) is 5.69 Å². The van der Waals surface area contributed by atoms with E-state index in [0.717, 1.165) is 5.75 Å². The number of aromatic nitrogens is 2. The Hall–Kier alpha value is -0.970. The number of ether oxygens (including phenoxy) is 1. The molecular formula is C10H16N2O2S. The Morgan fingerprint density at radius 3 is 2.87 bits per heavy atom. The van der Waals surface area contributed by atoms with E-state index in [1.807, 2.05) is 13.8 Å². The van der Waals surface area contributed by atoms with Gasteiger partial charge in [-0.2, -0.15) is 16.9 Å². The number of aryl methyl sites for hydroxylation is 1. The lowest BCUT2D eigenvalue weighted by molar-refractivity contribution is 0.100. The molecule has 15 heavy (non-hydrogen) atoms. The molecule has 0 bridgehead atoms. The average Bonchev–Trinajstić information content (AvgIpc) is 2.68. The van der Waals surface area contributed by atoms with Gasteiger partial charge in [-0.25, -0.2) is 0 Å². The van der Waals surface area contributed by atoms with Crippen molar-refractivity contribution in [2.45, 2.75) is 20.4 Å². The van der Waals surface area contributed by atoms with Crippen LogP contribution < -0.4 is 4.74 Å². The molecule has 0 radical (unpaired) electrons. The Morgan fingerprint density at radius 1 is 1.60 bits per heavy atom. The Labute approximate surface area is 94.0 Å². The molecule has 0 aliphatic carbocycles. The van der Waals surface area contributed by atoms with E-state index in [1.165, 1.54) is 0 Å². The van der Waals surface area contributed by atoms with Crippen molar-refractivity contribution in [1.29, 1.82) is 0 Å². The molecule has 0 spiro atoms. The highest BCUT2D eigenvalue weighted by Crippen LogP contribution is 2.19. The van der Waals surface area contributed by atoms with E-state index < -0.39 is 0 Å². The van der Waals surface area contributed by atoms with Crippen LogP contribution in [0, 0.1) is 0 Å². The van der Waals surface area contributed by atoms with Crippen molar-refractivity contribution in [2.75, 3.05) is 18.6 Å². The van der Waals surface area contributed by atoms with Gasteiger partial charge in [-0.1, -0.05) is 6.92 Å². The van der Waals surface area contributed by atoms with Crippen LogP contribution in [0.3, 0.4) is 0 Å². The maximum Gasteiger partial charge on any atom is 0.194 e. The van der Waals surface area contributed by atoms with Crippen LogP contribution in [0.15, 0.2) is 6.20 Å². The van der Waals surface area contributed by atoms with Gasteiger partial charge < -0.3 is 4.74 Å². The molecule has 0 amide bonds. The minimum absolute atomic E-state index is 0.0815. The third-order valence-corrected chi connectivity index (χ3v) is 2.90. The van der Waals surface area contributed by atoms with Gasteiger partial charge in [0, 0.05) is 6.54 Å². The first-order valence-electron chi connectivity index (χ1n) is 4.95. The van der Waals surface area contributed by atoms with E-state index in [4.69, 9.17) is 4.74 Å². The van der Waals surface area contributed by atoms with Gasteiger partial charge in [0.15, 0.2) is 11.5 Å². The van der Waals surface area contributed by atoms with Crippen LogP contribution in [-0.2, 0) is 6.54 Å². The minimum atomic E-state index is 0.0815. The number of carbonyl (C=O) groups is 1. The number of rotatable bonds is 6. The molecular weight excluding hydrogens is 212 g/mol. The summed E-state index contributed by atoms with van der Waals surface area (Å²) in [6.07, 6.45) is 1.59. The second-order valence-corrected chi connectivity index (χ2v) is 4.21. The van der Waals surface area contributed by atoms with Crippen LogP contribution >= 0.6 is 11.8 Å². The fourth-order valence-corrected chi connectivity index (χ4v) is 1.83. The van der Waals surface area contributed by atoms with Gasteiger partial charge in [-0.15, -0.1) is 0 Å². The Balaban J connectivity index is 2.88. The second kappa shape index (κ2) is 5.80. The summed E-state index contributed by atoms with van der Waals surface area (Å²) in [7, 11) is 1.56. The molecule has 1 aromatic rings. The van der Waals surface area contributed by atoms with E-state index in [9.17, 15) is 4.79 Å².